The molecule has 1 aliphatic heterocycles. The van der Waals surface area contributed by atoms with E-state index in [9.17, 15) is 14.9 Å². The monoisotopic (exact) mass is 296 g/mol. The van der Waals surface area contributed by atoms with Crippen molar-refractivity contribution in [1.82, 2.24) is 5.32 Å². The summed E-state index contributed by atoms with van der Waals surface area (Å²) in [6.07, 6.45) is 0.494. The Hall–Kier alpha value is -2.69. The number of hydrogen-bond donors (Lipinski definition) is 1. The molecule has 1 aliphatic rings. The highest BCUT2D eigenvalue weighted by Crippen LogP contribution is 2.28. The highest BCUT2D eigenvalue weighted by atomic mass is 16.6. The van der Waals surface area contributed by atoms with E-state index in [-0.39, 0.29) is 23.7 Å². The Morgan fingerprint density at radius 1 is 1.00 bits per heavy atom. The van der Waals surface area contributed by atoms with Crippen molar-refractivity contribution in [1.29, 1.82) is 0 Å². The minimum Gasteiger partial charge on any atom is -0.343 e. The van der Waals surface area contributed by atoms with Gasteiger partial charge in [0.2, 0.25) is 11.9 Å². The maximum Gasteiger partial charge on any atom is 0.237 e. The number of piperidine rings is 1. The smallest absolute Gasteiger partial charge is 0.237 e. The number of hydrogen-bond acceptors (Lipinski definition) is 3. The quantitative estimate of drug-likeness (QED) is 0.699. The van der Waals surface area contributed by atoms with Gasteiger partial charge in [-0.25, -0.2) is 0 Å². The van der Waals surface area contributed by atoms with Crippen molar-refractivity contribution in [2.45, 2.75) is 24.9 Å². The van der Waals surface area contributed by atoms with Gasteiger partial charge in [-0.3, -0.25) is 14.9 Å². The van der Waals surface area contributed by atoms with Gasteiger partial charge in [-0.15, -0.1) is 0 Å². The SMILES string of the molecule is O=C1CC[C@H]([N+](=O)[O-])[C@@H](c2ccc(-c3ccccc3)cc2)N1. The summed E-state index contributed by atoms with van der Waals surface area (Å²) in [7, 11) is 0. The topological polar surface area (TPSA) is 72.2 Å². The zero-order chi connectivity index (χ0) is 15.5. The lowest BCUT2D eigenvalue weighted by Gasteiger charge is -2.26. The first-order chi connectivity index (χ1) is 10.6. The van der Waals surface area contributed by atoms with Crippen LogP contribution in [0.3, 0.4) is 0 Å². The maximum atomic E-state index is 11.6. The van der Waals surface area contributed by atoms with Gasteiger partial charge in [-0.05, 0) is 16.7 Å². The first kappa shape index (κ1) is 14.3. The van der Waals surface area contributed by atoms with E-state index in [4.69, 9.17) is 0 Å². The van der Waals surface area contributed by atoms with Gasteiger partial charge in [0.25, 0.3) is 0 Å². The summed E-state index contributed by atoms with van der Waals surface area (Å²) in [4.78, 5) is 22.5. The summed E-state index contributed by atoms with van der Waals surface area (Å²) in [6.45, 7) is 0. The van der Waals surface area contributed by atoms with Crippen LogP contribution in [-0.4, -0.2) is 16.9 Å². The van der Waals surface area contributed by atoms with Crippen molar-refractivity contribution in [2.24, 2.45) is 0 Å². The molecule has 2 atom stereocenters. The van der Waals surface area contributed by atoms with E-state index >= 15 is 0 Å². The zero-order valence-corrected chi connectivity index (χ0v) is 11.9. The van der Waals surface area contributed by atoms with Crippen molar-refractivity contribution in [3.05, 3.63) is 70.3 Å². The number of carbonyl (C=O) groups excluding carboxylic acids is 1. The number of nitro groups is 1. The number of benzene rings is 2. The van der Waals surface area contributed by atoms with Crippen LogP contribution in [0.25, 0.3) is 11.1 Å². The molecular weight excluding hydrogens is 280 g/mol. The normalized spacial score (nSPS) is 21.2. The average molecular weight is 296 g/mol. The molecule has 0 bridgehead atoms. The van der Waals surface area contributed by atoms with Crippen LogP contribution in [0.5, 0.6) is 0 Å². The number of nitrogens with one attached hydrogen (secondary N) is 1. The second-order valence-corrected chi connectivity index (χ2v) is 5.42. The average Bonchev–Trinajstić information content (AvgIpc) is 2.55. The largest absolute Gasteiger partial charge is 0.343 e. The van der Waals surface area contributed by atoms with Gasteiger partial charge in [0.1, 0.15) is 6.04 Å². The molecular formula is C17H16N2O3. The van der Waals surface area contributed by atoms with E-state index in [2.05, 4.69) is 5.32 Å². The van der Waals surface area contributed by atoms with Gasteiger partial charge < -0.3 is 5.32 Å². The molecule has 0 radical (unpaired) electrons. The molecule has 0 spiro atoms. The van der Waals surface area contributed by atoms with E-state index in [1.807, 2.05) is 54.6 Å². The van der Waals surface area contributed by atoms with Crippen LogP contribution in [-0.2, 0) is 4.79 Å². The maximum absolute atomic E-state index is 11.6. The Balaban J connectivity index is 1.87. The lowest BCUT2D eigenvalue weighted by molar-refractivity contribution is -0.529. The third kappa shape index (κ3) is 2.83. The number of amides is 1. The van der Waals surface area contributed by atoms with Gasteiger partial charge in [-0.1, -0.05) is 54.6 Å². The van der Waals surface area contributed by atoms with Gasteiger partial charge >= 0.3 is 0 Å². The molecule has 2 aromatic rings. The van der Waals surface area contributed by atoms with Crippen molar-refractivity contribution in [3.8, 4) is 11.1 Å². The summed E-state index contributed by atoms with van der Waals surface area (Å²) in [5, 5.41) is 13.9. The molecule has 1 heterocycles. The Bertz CT molecular complexity index is 683. The van der Waals surface area contributed by atoms with Crippen molar-refractivity contribution >= 4 is 5.91 Å². The van der Waals surface area contributed by atoms with Crippen molar-refractivity contribution in [3.63, 3.8) is 0 Å². The fraction of sp³-hybridized carbons (Fsp3) is 0.235. The molecule has 22 heavy (non-hydrogen) atoms. The van der Waals surface area contributed by atoms with Crippen LogP contribution < -0.4 is 5.32 Å². The summed E-state index contributed by atoms with van der Waals surface area (Å²) in [6, 6.07) is 16.2. The zero-order valence-electron chi connectivity index (χ0n) is 11.9. The van der Waals surface area contributed by atoms with Crippen molar-refractivity contribution in [2.75, 3.05) is 0 Å². The van der Waals surface area contributed by atoms with E-state index in [0.717, 1.165) is 16.7 Å². The summed E-state index contributed by atoms with van der Waals surface area (Å²) >= 11 is 0. The molecule has 1 N–H and O–H groups in total. The van der Waals surface area contributed by atoms with Gasteiger partial charge in [0.15, 0.2) is 0 Å². The summed E-state index contributed by atoms with van der Waals surface area (Å²) in [5.41, 5.74) is 2.91. The molecule has 5 heteroatoms. The molecule has 1 saturated heterocycles. The van der Waals surface area contributed by atoms with E-state index < -0.39 is 12.1 Å². The fourth-order valence-electron chi connectivity index (χ4n) is 2.83. The fourth-order valence-corrected chi connectivity index (χ4v) is 2.83. The molecule has 0 saturated carbocycles. The molecule has 1 fully saturated rings. The second kappa shape index (κ2) is 5.97. The predicted octanol–water partition coefficient (Wildman–Crippen LogP) is 2.95. The first-order valence-corrected chi connectivity index (χ1v) is 7.23. The Labute approximate surface area is 128 Å². The van der Waals surface area contributed by atoms with E-state index in [1.165, 1.54) is 0 Å². The molecule has 0 unspecified atom stereocenters. The third-order valence-electron chi connectivity index (χ3n) is 4.02. The van der Waals surface area contributed by atoms with Gasteiger partial charge in [0.05, 0.1) is 0 Å². The van der Waals surface area contributed by atoms with E-state index in [0.29, 0.717) is 0 Å². The second-order valence-electron chi connectivity index (χ2n) is 5.42. The predicted molar refractivity (Wildman–Crippen MR) is 82.8 cm³/mol. The van der Waals surface area contributed by atoms with Crippen LogP contribution in [0, 0.1) is 10.1 Å². The van der Waals surface area contributed by atoms with Crippen LogP contribution in [0.15, 0.2) is 54.6 Å². The molecule has 1 amide bonds. The summed E-state index contributed by atoms with van der Waals surface area (Å²) < 4.78 is 0. The minimum absolute atomic E-state index is 0.129. The molecule has 0 aromatic heterocycles. The van der Waals surface area contributed by atoms with E-state index in [1.54, 1.807) is 0 Å². The highest BCUT2D eigenvalue weighted by Gasteiger charge is 2.37. The Morgan fingerprint density at radius 2 is 1.64 bits per heavy atom. The molecule has 2 aromatic carbocycles. The van der Waals surface area contributed by atoms with Gasteiger partial charge in [0, 0.05) is 17.8 Å². The highest BCUT2D eigenvalue weighted by molar-refractivity contribution is 5.77. The Kier molecular flexibility index (Phi) is 3.87. The lowest BCUT2D eigenvalue weighted by atomic mass is 9.91. The summed E-state index contributed by atoms with van der Waals surface area (Å²) in [5.74, 6) is -0.129. The minimum atomic E-state index is -0.764. The van der Waals surface area contributed by atoms with Crippen LogP contribution in [0.4, 0.5) is 0 Å². The van der Waals surface area contributed by atoms with Crippen LogP contribution >= 0.6 is 0 Å². The number of nitrogens with zero attached hydrogens (tertiary/aromatic N) is 1. The third-order valence-corrected chi connectivity index (χ3v) is 4.02. The number of rotatable bonds is 3. The molecule has 0 aliphatic carbocycles. The molecule has 112 valence electrons. The first-order valence-electron chi connectivity index (χ1n) is 7.23. The van der Waals surface area contributed by atoms with Crippen LogP contribution in [0.1, 0.15) is 24.4 Å². The Morgan fingerprint density at radius 3 is 2.27 bits per heavy atom. The molecule has 5 nitrogen and oxygen atoms in total. The number of carbonyl (C=O) groups is 1. The van der Waals surface area contributed by atoms with Gasteiger partial charge in [-0.2, -0.15) is 0 Å². The lowest BCUT2D eigenvalue weighted by Crippen LogP contribution is -2.45. The molecule has 3 rings (SSSR count). The van der Waals surface area contributed by atoms with Crippen molar-refractivity contribution < 1.29 is 9.72 Å². The van der Waals surface area contributed by atoms with Crippen LogP contribution in [0.2, 0.25) is 0 Å². The standard InChI is InChI=1S/C17H16N2O3/c20-16-11-10-15(19(21)22)17(18-16)14-8-6-13(7-9-14)12-4-2-1-3-5-12/h1-9,15,17H,10-11H2,(H,18,20)/t15-,17+/m0/s1.